The molecule has 5 nitrogen and oxygen atoms in total. The molecule has 0 spiro atoms. The Bertz CT molecular complexity index is 461. The first-order chi connectivity index (χ1) is 9.95. The van der Waals surface area contributed by atoms with Crippen LogP contribution in [0.15, 0.2) is 30.3 Å². The summed E-state index contributed by atoms with van der Waals surface area (Å²) >= 11 is 0. The molecule has 21 heavy (non-hydrogen) atoms. The van der Waals surface area contributed by atoms with E-state index in [9.17, 15) is 9.59 Å². The smallest absolute Gasteiger partial charge is 0.305 e. The van der Waals surface area contributed by atoms with Gasteiger partial charge in [-0.1, -0.05) is 30.3 Å². The van der Waals surface area contributed by atoms with Crippen molar-refractivity contribution < 1.29 is 19.4 Å². The Balaban J connectivity index is 2.56. The van der Waals surface area contributed by atoms with Crippen molar-refractivity contribution in [3.8, 4) is 0 Å². The Hall–Kier alpha value is -1.88. The van der Waals surface area contributed by atoms with Crippen molar-refractivity contribution in [3.05, 3.63) is 35.9 Å². The molecule has 0 aliphatic heterocycles. The van der Waals surface area contributed by atoms with Gasteiger partial charge in [-0.25, -0.2) is 0 Å². The van der Waals surface area contributed by atoms with E-state index in [0.717, 1.165) is 5.56 Å². The van der Waals surface area contributed by atoms with E-state index < -0.39 is 12.1 Å². The SMILES string of the molecule is CCN(C(=O)C(C)OCc1ccccc1)C(C)CC(=O)O. The summed E-state index contributed by atoms with van der Waals surface area (Å²) in [7, 11) is 0. The summed E-state index contributed by atoms with van der Waals surface area (Å²) in [5, 5.41) is 8.83. The minimum Gasteiger partial charge on any atom is -0.481 e. The topological polar surface area (TPSA) is 66.8 Å². The Morgan fingerprint density at radius 1 is 1.24 bits per heavy atom. The number of carbonyl (C=O) groups excluding carboxylic acids is 1. The predicted octanol–water partition coefficient (Wildman–Crippen LogP) is 2.30. The first-order valence-corrected chi connectivity index (χ1v) is 7.13. The number of carboxylic acid groups (broad SMARTS) is 1. The van der Waals surface area contributed by atoms with Crippen LogP contribution in [0.2, 0.25) is 0 Å². The second kappa shape index (κ2) is 8.42. The molecule has 1 aromatic rings. The summed E-state index contributed by atoms with van der Waals surface area (Å²) in [5.41, 5.74) is 0.999. The van der Waals surface area contributed by atoms with Gasteiger partial charge in [0.05, 0.1) is 13.0 Å². The molecule has 2 unspecified atom stereocenters. The number of aliphatic carboxylic acids is 1. The fourth-order valence-corrected chi connectivity index (χ4v) is 2.15. The number of hydrogen-bond acceptors (Lipinski definition) is 3. The highest BCUT2D eigenvalue weighted by molar-refractivity contribution is 5.81. The third-order valence-corrected chi connectivity index (χ3v) is 3.32. The van der Waals surface area contributed by atoms with Gasteiger partial charge in [-0.15, -0.1) is 0 Å². The lowest BCUT2D eigenvalue weighted by Crippen LogP contribution is -2.45. The second-order valence-corrected chi connectivity index (χ2v) is 5.01. The number of rotatable bonds is 8. The van der Waals surface area contributed by atoms with Crippen LogP contribution in [-0.2, 0) is 20.9 Å². The first kappa shape index (κ1) is 17.2. The highest BCUT2D eigenvalue weighted by Crippen LogP contribution is 2.10. The van der Waals surface area contributed by atoms with Crippen LogP contribution >= 0.6 is 0 Å². The van der Waals surface area contributed by atoms with E-state index in [2.05, 4.69) is 0 Å². The normalized spacial score (nSPS) is 13.5. The van der Waals surface area contributed by atoms with Gasteiger partial charge in [0.25, 0.3) is 5.91 Å². The van der Waals surface area contributed by atoms with Crippen LogP contribution in [0, 0.1) is 0 Å². The number of carbonyl (C=O) groups is 2. The van der Waals surface area contributed by atoms with E-state index in [-0.39, 0.29) is 18.4 Å². The van der Waals surface area contributed by atoms with Crippen molar-refractivity contribution >= 4 is 11.9 Å². The zero-order valence-corrected chi connectivity index (χ0v) is 12.8. The van der Waals surface area contributed by atoms with Crippen molar-refractivity contribution in [1.29, 1.82) is 0 Å². The summed E-state index contributed by atoms with van der Waals surface area (Å²) in [6, 6.07) is 9.27. The summed E-state index contributed by atoms with van der Waals surface area (Å²) in [6.45, 7) is 6.09. The lowest BCUT2D eigenvalue weighted by atomic mass is 10.2. The van der Waals surface area contributed by atoms with Crippen molar-refractivity contribution in [2.75, 3.05) is 6.54 Å². The molecule has 0 bridgehead atoms. The molecule has 0 heterocycles. The van der Waals surface area contributed by atoms with E-state index in [4.69, 9.17) is 9.84 Å². The van der Waals surface area contributed by atoms with Gasteiger partial charge >= 0.3 is 5.97 Å². The van der Waals surface area contributed by atoms with Crippen LogP contribution in [0.25, 0.3) is 0 Å². The van der Waals surface area contributed by atoms with Gasteiger partial charge in [-0.3, -0.25) is 9.59 Å². The lowest BCUT2D eigenvalue weighted by Gasteiger charge is -2.29. The average molecular weight is 293 g/mol. The quantitative estimate of drug-likeness (QED) is 0.798. The molecular weight excluding hydrogens is 270 g/mol. The summed E-state index contributed by atoms with van der Waals surface area (Å²) in [4.78, 5) is 24.6. The highest BCUT2D eigenvalue weighted by Gasteiger charge is 2.25. The van der Waals surface area contributed by atoms with Crippen LogP contribution in [-0.4, -0.2) is 40.6 Å². The molecule has 1 aromatic carbocycles. The van der Waals surface area contributed by atoms with E-state index in [0.29, 0.717) is 13.2 Å². The molecule has 0 saturated carbocycles. The van der Waals surface area contributed by atoms with Crippen molar-refractivity contribution in [1.82, 2.24) is 4.90 Å². The van der Waals surface area contributed by atoms with Gasteiger partial charge in [0.2, 0.25) is 0 Å². The summed E-state index contributed by atoms with van der Waals surface area (Å²) in [6.07, 6.45) is -0.660. The van der Waals surface area contributed by atoms with Crippen molar-refractivity contribution in [2.45, 2.75) is 45.9 Å². The number of nitrogens with zero attached hydrogens (tertiary/aromatic N) is 1. The maximum absolute atomic E-state index is 12.3. The second-order valence-electron chi connectivity index (χ2n) is 5.01. The Morgan fingerprint density at radius 3 is 2.38 bits per heavy atom. The van der Waals surface area contributed by atoms with Crippen LogP contribution in [0.3, 0.4) is 0 Å². The van der Waals surface area contributed by atoms with Gasteiger partial charge in [-0.2, -0.15) is 0 Å². The number of amides is 1. The fraction of sp³-hybridized carbons (Fsp3) is 0.500. The third-order valence-electron chi connectivity index (χ3n) is 3.32. The number of ether oxygens (including phenoxy) is 1. The molecule has 5 heteroatoms. The van der Waals surface area contributed by atoms with Gasteiger partial charge in [0.15, 0.2) is 0 Å². The van der Waals surface area contributed by atoms with Crippen LogP contribution in [0.1, 0.15) is 32.8 Å². The standard InChI is InChI=1S/C16H23NO4/c1-4-17(12(2)10-15(18)19)16(20)13(3)21-11-14-8-6-5-7-9-14/h5-9,12-13H,4,10-11H2,1-3H3,(H,18,19). The maximum Gasteiger partial charge on any atom is 0.305 e. The third kappa shape index (κ3) is 5.55. The first-order valence-electron chi connectivity index (χ1n) is 7.13. The van der Waals surface area contributed by atoms with E-state index in [1.165, 1.54) is 0 Å². The maximum atomic E-state index is 12.3. The number of likely N-dealkylation sites (N-methyl/N-ethyl adjacent to an activating group) is 1. The number of carboxylic acids is 1. The molecular formula is C16H23NO4. The van der Waals surface area contributed by atoms with Crippen molar-refractivity contribution in [3.63, 3.8) is 0 Å². The Labute approximate surface area is 125 Å². The monoisotopic (exact) mass is 293 g/mol. The highest BCUT2D eigenvalue weighted by atomic mass is 16.5. The lowest BCUT2D eigenvalue weighted by molar-refractivity contribution is -0.147. The number of hydrogen-bond donors (Lipinski definition) is 1. The molecule has 2 atom stereocenters. The summed E-state index contributed by atoms with van der Waals surface area (Å²) in [5.74, 6) is -1.09. The molecule has 0 aliphatic rings. The largest absolute Gasteiger partial charge is 0.481 e. The van der Waals surface area contributed by atoms with Crippen LogP contribution in [0.4, 0.5) is 0 Å². The van der Waals surface area contributed by atoms with E-state index >= 15 is 0 Å². The molecule has 0 radical (unpaired) electrons. The number of benzene rings is 1. The van der Waals surface area contributed by atoms with Gasteiger partial charge < -0.3 is 14.7 Å². The van der Waals surface area contributed by atoms with Crippen LogP contribution < -0.4 is 0 Å². The predicted molar refractivity (Wildman–Crippen MR) is 79.8 cm³/mol. The van der Waals surface area contributed by atoms with Crippen molar-refractivity contribution in [2.24, 2.45) is 0 Å². The molecule has 0 saturated heterocycles. The fourth-order valence-electron chi connectivity index (χ4n) is 2.15. The van der Waals surface area contributed by atoms with E-state index in [1.54, 1.807) is 18.7 Å². The van der Waals surface area contributed by atoms with Gasteiger partial charge in [0.1, 0.15) is 6.10 Å². The average Bonchev–Trinajstić information content (AvgIpc) is 2.45. The minimum atomic E-state index is -0.911. The van der Waals surface area contributed by atoms with Gasteiger partial charge in [0, 0.05) is 12.6 Å². The molecule has 1 rings (SSSR count). The molecule has 0 aliphatic carbocycles. The molecule has 0 fully saturated rings. The molecule has 0 aromatic heterocycles. The molecule has 1 N–H and O–H groups in total. The Kier molecular flexibility index (Phi) is 6.88. The minimum absolute atomic E-state index is 0.0645. The zero-order chi connectivity index (χ0) is 15.8. The van der Waals surface area contributed by atoms with Crippen LogP contribution in [0.5, 0.6) is 0 Å². The molecule has 1 amide bonds. The van der Waals surface area contributed by atoms with E-state index in [1.807, 2.05) is 37.3 Å². The molecule has 116 valence electrons. The Morgan fingerprint density at radius 2 is 1.86 bits per heavy atom. The van der Waals surface area contributed by atoms with Gasteiger partial charge in [-0.05, 0) is 26.3 Å². The summed E-state index contributed by atoms with van der Waals surface area (Å²) < 4.78 is 5.59. The zero-order valence-electron chi connectivity index (χ0n) is 12.8.